The molecular weight excluding hydrogens is 246 g/mol. The molecule has 0 amide bonds. The number of aromatic hydroxyl groups is 1. The van der Waals surface area contributed by atoms with E-state index in [1.807, 2.05) is 18.2 Å². The number of nitrogens with two attached hydrogens (primary N) is 1. The molecular formula is C18H23NO. The molecule has 0 heterocycles. The predicted molar refractivity (Wildman–Crippen MR) is 83.9 cm³/mol. The van der Waals surface area contributed by atoms with Crippen LogP contribution in [0.3, 0.4) is 0 Å². The highest BCUT2D eigenvalue weighted by Gasteiger charge is 2.12. The van der Waals surface area contributed by atoms with Crippen molar-refractivity contribution in [3.05, 3.63) is 65.7 Å². The number of hydrogen-bond donors (Lipinski definition) is 2. The maximum Gasteiger partial charge on any atom is 0.115 e. The van der Waals surface area contributed by atoms with E-state index in [1.54, 1.807) is 12.1 Å². The molecule has 0 bridgehead atoms. The van der Waals surface area contributed by atoms with E-state index >= 15 is 0 Å². The molecule has 2 aromatic carbocycles. The SMILES string of the molecule is NCCCCC(Cc1ccccc1)c1ccc(O)cc1. The Morgan fingerprint density at radius 3 is 2.25 bits per heavy atom. The summed E-state index contributed by atoms with van der Waals surface area (Å²) in [7, 11) is 0. The van der Waals surface area contributed by atoms with Crippen molar-refractivity contribution in [2.75, 3.05) is 6.54 Å². The normalized spacial score (nSPS) is 12.2. The molecule has 20 heavy (non-hydrogen) atoms. The predicted octanol–water partition coefficient (Wildman–Crippen LogP) is 3.85. The Bertz CT molecular complexity index is 493. The molecule has 0 saturated carbocycles. The number of phenolic OH excluding ortho intramolecular Hbond substituents is 1. The van der Waals surface area contributed by atoms with Crippen LogP contribution in [0.4, 0.5) is 0 Å². The van der Waals surface area contributed by atoms with Gasteiger partial charge in [-0.1, -0.05) is 48.9 Å². The van der Waals surface area contributed by atoms with Crippen molar-refractivity contribution >= 4 is 0 Å². The Kier molecular flexibility index (Phi) is 5.63. The van der Waals surface area contributed by atoms with Gasteiger partial charge in [0.15, 0.2) is 0 Å². The fourth-order valence-electron chi connectivity index (χ4n) is 2.57. The Morgan fingerprint density at radius 2 is 1.60 bits per heavy atom. The molecule has 1 unspecified atom stereocenters. The first-order valence-corrected chi connectivity index (χ1v) is 7.32. The lowest BCUT2D eigenvalue weighted by Crippen LogP contribution is -2.05. The minimum Gasteiger partial charge on any atom is -0.508 e. The quantitative estimate of drug-likeness (QED) is 0.750. The lowest BCUT2D eigenvalue weighted by Gasteiger charge is -2.17. The molecule has 0 spiro atoms. The highest BCUT2D eigenvalue weighted by molar-refractivity contribution is 5.30. The van der Waals surface area contributed by atoms with E-state index in [-0.39, 0.29) is 0 Å². The third-order valence-corrected chi connectivity index (χ3v) is 3.70. The molecule has 0 aromatic heterocycles. The van der Waals surface area contributed by atoms with Crippen LogP contribution in [0.5, 0.6) is 5.75 Å². The highest BCUT2D eigenvalue weighted by Crippen LogP contribution is 2.27. The molecule has 106 valence electrons. The van der Waals surface area contributed by atoms with Gasteiger partial charge >= 0.3 is 0 Å². The lowest BCUT2D eigenvalue weighted by molar-refractivity contribution is 0.474. The smallest absolute Gasteiger partial charge is 0.115 e. The van der Waals surface area contributed by atoms with Crippen molar-refractivity contribution < 1.29 is 5.11 Å². The van der Waals surface area contributed by atoms with Crippen LogP contribution < -0.4 is 5.73 Å². The average Bonchev–Trinajstić information content (AvgIpc) is 2.48. The summed E-state index contributed by atoms with van der Waals surface area (Å²) < 4.78 is 0. The molecule has 0 aliphatic rings. The summed E-state index contributed by atoms with van der Waals surface area (Å²) in [6, 6.07) is 18.2. The third kappa shape index (κ3) is 4.39. The van der Waals surface area contributed by atoms with Gasteiger partial charge in [0.2, 0.25) is 0 Å². The zero-order valence-corrected chi connectivity index (χ0v) is 11.8. The van der Waals surface area contributed by atoms with Crippen LogP contribution in [0.25, 0.3) is 0 Å². The van der Waals surface area contributed by atoms with E-state index in [0.717, 1.165) is 32.2 Å². The summed E-state index contributed by atoms with van der Waals surface area (Å²) in [5.74, 6) is 0.818. The summed E-state index contributed by atoms with van der Waals surface area (Å²) in [4.78, 5) is 0. The van der Waals surface area contributed by atoms with Crippen molar-refractivity contribution in [3.8, 4) is 5.75 Å². The second kappa shape index (κ2) is 7.71. The van der Waals surface area contributed by atoms with Crippen LogP contribution >= 0.6 is 0 Å². The standard InChI is InChI=1S/C18H23NO/c19-13-5-4-8-17(14-15-6-2-1-3-7-15)16-9-11-18(20)12-10-16/h1-3,6-7,9-12,17,20H,4-5,8,13-14,19H2. The Balaban J connectivity index is 2.09. The number of rotatable bonds is 7. The highest BCUT2D eigenvalue weighted by atomic mass is 16.3. The summed E-state index contributed by atoms with van der Waals surface area (Å²) in [6.45, 7) is 0.758. The van der Waals surface area contributed by atoms with Crippen LogP contribution in [-0.2, 0) is 6.42 Å². The van der Waals surface area contributed by atoms with Gasteiger partial charge in [-0.3, -0.25) is 0 Å². The summed E-state index contributed by atoms with van der Waals surface area (Å²) in [5, 5.41) is 9.43. The number of unbranched alkanes of at least 4 members (excludes halogenated alkanes) is 1. The van der Waals surface area contributed by atoms with Gasteiger partial charge in [0.1, 0.15) is 5.75 Å². The van der Waals surface area contributed by atoms with Gasteiger partial charge in [-0.05, 0) is 55.0 Å². The van der Waals surface area contributed by atoms with Crippen LogP contribution in [0, 0.1) is 0 Å². The first-order valence-electron chi connectivity index (χ1n) is 7.32. The van der Waals surface area contributed by atoms with E-state index in [1.165, 1.54) is 11.1 Å². The number of benzene rings is 2. The zero-order chi connectivity index (χ0) is 14.2. The molecule has 0 aliphatic heterocycles. The fourth-order valence-corrected chi connectivity index (χ4v) is 2.57. The van der Waals surface area contributed by atoms with E-state index in [2.05, 4.69) is 24.3 Å². The Morgan fingerprint density at radius 1 is 0.900 bits per heavy atom. The zero-order valence-electron chi connectivity index (χ0n) is 11.8. The van der Waals surface area contributed by atoms with Crippen LogP contribution in [0.1, 0.15) is 36.3 Å². The second-order valence-corrected chi connectivity index (χ2v) is 5.26. The van der Waals surface area contributed by atoms with Gasteiger partial charge in [-0.15, -0.1) is 0 Å². The van der Waals surface area contributed by atoms with Crippen LogP contribution in [0.15, 0.2) is 54.6 Å². The van der Waals surface area contributed by atoms with Crippen molar-refractivity contribution in [2.45, 2.75) is 31.6 Å². The van der Waals surface area contributed by atoms with Crippen molar-refractivity contribution in [2.24, 2.45) is 5.73 Å². The molecule has 2 rings (SSSR count). The minimum absolute atomic E-state index is 0.328. The summed E-state index contributed by atoms with van der Waals surface area (Å²) >= 11 is 0. The lowest BCUT2D eigenvalue weighted by atomic mass is 9.88. The summed E-state index contributed by atoms with van der Waals surface area (Å²) in [5.41, 5.74) is 8.25. The van der Waals surface area contributed by atoms with Crippen molar-refractivity contribution in [1.82, 2.24) is 0 Å². The van der Waals surface area contributed by atoms with Crippen LogP contribution in [-0.4, -0.2) is 11.7 Å². The van der Waals surface area contributed by atoms with Gasteiger partial charge < -0.3 is 10.8 Å². The average molecular weight is 269 g/mol. The Hall–Kier alpha value is -1.80. The maximum absolute atomic E-state index is 9.43. The van der Waals surface area contributed by atoms with Crippen LogP contribution in [0.2, 0.25) is 0 Å². The first-order chi connectivity index (χ1) is 9.79. The fraction of sp³-hybridized carbons (Fsp3) is 0.333. The molecule has 0 fully saturated rings. The van der Waals surface area contributed by atoms with Gasteiger partial charge in [0.25, 0.3) is 0 Å². The molecule has 0 radical (unpaired) electrons. The van der Waals surface area contributed by atoms with Crippen molar-refractivity contribution in [3.63, 3.8) is 0 Å². The molecule has 2 heteroatoms. The number of phenols is 1. The Labute approximate surface area is 121 Å². The maximum atomic E-state index is 9.43. The molecule has 0 saturated heterocycles. The molecule has 1 atom stereocenters. The van der Waals surface area contributed by atoms with Crippen molar-refractivity contribution in [1.29, 1.82) is 0 Å². The molecule has 2 aromatic rings. The molecule has 3 N–H and O–H groups in total. The second-order valence-electron chi connectivity index (χ2n) is 5.26. The number of hydrogen-bond acceptors (Lipinski definition) is 2. The third-order valence-electron chi connectivity index (χ3n) is 3.70. The van der Waals surface area contributed by atoms with Gasteiger partial charge in [-0.25, -0.2) is 0 Å². The molecule has 2 nitrogen and oxygen atoms in total. The van der Waals surface area contributed by atoms with E-state index < -0.39 is 0 Å². The monoisotopic (exact) mass is 269 g/mol. The topological polar surface area (TPSA) is 46.2 Å². The summed E-state index contributed by atoms with van der Waals surface area (Å²) in [6.07, 6.45) is 4.39. The largest absolute Gasteiger partial charge is 0.508 e. The van der Waals surface area contributed by atoms with E-state index in [9.17, 15) is 5.11 Å². The molecule has 0 aliphatic carbocycles. The van der Waals surface area contributed by atoms with E-state index in [4.69, 9.17) is 5.73 Å². The van der Waals surface area contributed by atoms with Gasteiger partial charge in [0, 0.05) is 0 Å². The van der Waals surface area contributed by atoms with E-state index in [0.29, 0.717) is 11.7 Å². The first kappa shape index (κ1) is 14.6. The minimum atomic E-state index is 0.328. The van der Waals surface area contributed by atoms with Gasteiger partial charge in [0.05, 0.1) is 0 Å². The van der Waals surface area contributed by atoms with Gasteiger partial charge in [-0.2, -0.15) is 0 Å².